The van der Waals surface area contributed by atoms with Crippen LogP contribution in [0.5, 0.6) is 0 Å². The van der Waals surface area contributed by atoms with E-state index in [0.29, 0.717) is 0 Å². The minimum atomic E-state index is -4.65. The molecule has 0 bridgehead atoms. The summed E-state index contributed by atoms with van der Waals surface area (Å²) in [5.41, 5.74) is -1.35. The number of hydrogen-bond donors (Lipinski definition) is 0. The maximum absolute atomic E-state index is 12.3. The van der Waals surface area contributed by atoms with Crippen molar-refractivity contribution in [2.45, 2.75) is 20.0 Å². The van der Waals surface area contributed by atoms with Crippen molar-refractivity contribution < 1.29 is 68.9 Å². The van der Waals surface area contributed by atoms with Crippen LogP contribution in [-0.2, 0) is 6.18 Å². The number of alkyl halides is 3. The van der Waals surface area contributed by atoms with Crippen LogP contribution < -0.4 is 51.4 Å². The van der Waals surface area contributed by atoms with Crippen LogP contribution in [0.3, 0.4) is 0 Å². The van der Waals surface area contributed by atoms with E-state index in [1.165, 1.54) is 0 Å². The molecule has 0 N–H and O–H groups in total. The molecule has 0 aliphatic heterocycles. The molecule has 0 aromatic heterocycles. The molecule has 0 aliphatic rings. The SMILES string of the molecule is CC.Fc1ccc[c-]c1C(F)(F)F.[K+]. The average molecular weight is 232 g/mol. The Morgan fingerprint density at radius 2 is 1.71 bits per heavy atom. The van der Waals surface area contributed by atoms with Gasteiger partial charge in [0, 0.05) is 5.82 Å². The third kappa shape index (κ3) is 5.46. The first-order valence-corrected chi connectivity index (χ1v) is 3.75. The monoisotopic (exact) mass is 232 g/mol. The second kappa shape index (κ2) is 7.81. The topological polar surface area (TPSA) is 0 Å². The molecule has 0 saturated carbocycles. The van der Waals surface area contributed by atoms with Crippen molar-refractivity contribution in [1.82, 2.24) is 0 Å². The zero-order valence-corrected chi connectivity index (χ0v) is 11.4. The van der Waals surface area contributed by atoms with Gasteiger partial charge in [-0.25, -0.2) is 0 Å². The minimum absolute atomic E-state index is 0. The van der Waals surface area contributed by atoms with E-state index in [0.717, 1.165) is 18.2 Å². The summed E-state index contributed by atoms with van der Waals surface area (Å²) in [5, 5.41) is 0. The number of rotatable bonds is 0. The standard InChI is InChI=1S/C7H3F4.C2H6.K/c8-6-4-2-1-3-5(6)7(9,10)11;1-2;/h1-2,4H;1-2H3;/q-1;;+1. The van der Waals surface area contributed by atoms with Crippen LogP contribution in [0.25, 0.3) is 0 Å². The fourth-order valence-electron chi connectivity index (χ4n) is 0.634. The zero-order valence-electron chi connectivity index (χ0n) is 8.24. The van der Waals surface area contributed by atoms with Crippen molar-refractivity contribution in [3.63, 3.8) is 0 Å². The molecule has 14 heavy (non-hydrogen) atoms. The number of benzene rings is 1. The molecule has 0 unspecified atom stereocenters. The smallest absolute Gasteiger partial charge is 0.284 e. The second-order valence-corrected chi connectivity index (χ2v) is 1.89. The Morgan fingerprint density at radius 1 is 1.21 bits per heavy atom. The van der Waals surface area contributed by atoms with Gasteiger partial charge < -0.3 is 0 Å². The van der Waals surface area contributed by atoms with Crippen LogP contribution in [0.2, 0.25) is 0 Å². The van der Waals surface area contributed by atoms with Gasteiger partial charge in [-0.3, -0.25) is 4.39 Å². The predicted molar refractivity (Wildman–Crippen MR) is 41.6 cm³/mol. The molecule has 1 rings (SSSR count). The molecule has 1 aromatic carbocycles. The van der Waals surface area contributed by atoms with E-state index < -0.39 is 17.6 Å². The van der Waals surface area contributed by atoms with Crippen LogP contribution in [0.4, 0.5) is 17.6 Å². The summed E-state index contributed by atoms with van der Waals surface area (Å²) in [5.74, 6) is -1.29. The molecule has 74 valence electrons. The van der Waals surface area contributed by atoms with Crippen LogP contribution in [0, 0.1) is 11.9 Å². The van der Waals surface area contributed by atoms with Gasteiger partial charge in [-0.2, -0.15) is 31.4 Å². The maximum atomic E-state index is 12.3. The van der Waals surface area contributed by atoms with Gasteiger partial charge in [0.15, 0.2) is 0 Å². The van der Waals surface area contributed by atoms with Crippen LogP contribution in [-0.4, -0.2) is 0 Å². The molecule has 0 nitrogen and oxygen atoms in total. The van der Waals surface area contributed by atoms with Crippen molar-refractivity contribution in [1.29, 1.82) is 0 Å². The molecule has 0 aliphatic carbocycles. The summed E-state index contributed by atoms with van der Waals surface area (Å²) in [7, 11) is 0. The van der Waals surface area contributed by atoms with Crippen molar-refractivity contribution >= 4 is 0 Å². The Balaban J connectivity index is 0. The van der Waals surface area contributed by atoms with Crippen LogP contribution in [0.15, 0.2) is 18.2 Å². The fraction of sp³-hybridized carbons (Fsp3) is 0.333. The largest absolute Gasteiger partial charge is 1.00 e. The summed E-state index contributed by atoms with van der Waals surface area (Å²) < 4.78 is 47.7. The average Bonchev–Trinajstić information content (AvgIpc) is 2.07. The van der Waals surface area contributed by atoms with E-state index in [9.17, 15) is 17.6 Å². The number of hydrogen-bond acceptors (Lipinski definition) is 0. The van der Waals surface area contributed by atoms with Crippen LogP contribution in [0.1, 0.15) is 19.4 Å². The molecular weight excluding hydrogens is 223 g/mol. The van der Waals surface area contributed by atoms with Gasteiger partial charge in [0.25, 0.3) is 0 Å². The van der Waals surface area contributed by atoms with E-state index in [1.807, 2.05) is 13.8 Å². The first-order chi connectivity index (χ1) is 6.02. The predicted octanol–water partition coefficient (Wildman–Crippen LogP) is 0.675. The van der Waals surface area contributed by atoms with Crippen molar-refractivity contribution in [2.24, 2.45) is 0 Å². The molecule has 0 amide bonds. The third-order valence-corrected chi connectivity index (χ3v) is 1.09. The summed E-state index contributed by atoms with van der Waals surface area (Å²) in [6.07, 6.45) is -4.65. The van der Waals surface area contributed by atoms with Gasteiger partial charge in [-0.05, 0) is 5.56 Å². The van der Waals surface area contributed by atoms with Crippen molar-refractivity contribution in [3.05, 3.63) is 35.6 Å². The minimum Gasteiger partial charge on any atom is -0.284 e. The molecule has 1 aromatic rings. The van der Waals surface area contributed by atoms with Gasteiger partial charge in [0.1, 0.15) is 0 Å². The Labute approximate surface area is 123 Å². The van der Waals surface area contributed by atoms with E-state index in [4.69, 9.17) is 0 Å². The summed E-state index contributed by atoms with van der Waals surface area (Å²) in [6.45, 7) is 4.00. The zero-order chi connectivity index (χ0) is 10.5. The molecule has 0 saturated heterocycles. The normalized spacial score (nSPS) is 9.57. The molecule has 0 spiro atoms. The van der Waals surface area contributed by atoms with Gasteiger partial charge in [-0.1, -0.05) is 13.8 Å². The Morgan fingerprint density at radius 3 is 2.00 bits per heavy atom. The molecule has 5 heteroatoms. The van der Waals surface area contributed by atoms with Crippen molar-refractivity contribution in [2.75, 3.05) is 0 Å². The summed E-state index contributed by atoms with van der Waals surface area (Å²) in [6, 6.07) is 4.70. The summed E-state index contributed by atoms with van der Waals surface area (Å²) in [4.78, 5) is 0. The second-order valence-electron chi connectivity index (χ2n) is 1.89. The van der Waals surface area contributed by atoms with E-state index in [1.54, 1.807) is 6.07 Å². The molecule has 0 radical (unpaired) electrons. The van der Waals surface area contributed by atoms with Gasteiger partial charge in [0.05, 0.1) is 0 Å². The quantitative estimate of drug-likeness (QED) is 0.350. The fourth-order valence-corrected chi connectivity index (χ4v) is 0.634. The van der Waals surface area contributed by atoms with Crippen LogP contribution >= 0.6 is 0 Å². The molecule has 0 fully saturated rings. The van der Waals surface area contributed by atoms with Gasteiger partial charge in [-0.15, -0.1) is 6.07 Å². The molecular formula is C9H9F4K. The first kappa shape index (κ1) is 17.0. The molecule has 0 atom stereocenters. The Kier molecular flexibility index (Phi) is 9.48. The summed E-state index contributed by atoms with van der Waals surface area (Å²) >= 11 is 0. The Hall–Kier alpha value is 0.576. The van der Waals surface area contributed by atoms with Gasteiger partial charge in [0.2, 0.25) is 0 Å². The Bertz CT molecular complexity index is 257. The maximum Gasteiger partial charge on any atom is 1.00 e. The van der Waals surface area contributed by atoms with E-state index in [2.05, 4.69) is 0 Å². The first-order valence-electron chi connectivity index (χ1n) is 3.75. The van der Waals surface area contributed by atoms with Gasteiger partial charge >= 0.3 is 57.6 Å². The third-order valence-electron chi connectivity index (χ3n) is 1.09. The van der Waals surface area contributed by atoms with Crippen molar-refractivity contribution in [3.8, 4) is 0 Å². The van der Waals surface area contributed by atoms with E-state index in [-0.39, 0.29) is 51.4 Å². The molecule has 0 heterocycles. The number of halogens is 4. The van der Waals surface area contributed by atoms with E-state index >= 15 is 0 Å².